The molecule has 5 nitrogen and oxygen atoms in total. The van der Waals surface area contributed by atoms with Gasteiger partial charge in [-0.15, -0.1) is 0 Å². The summed E-state index contributed by atoms with van der Waals surface area (Å²) in [6.45, 7) is 5.71. The smallest absolute Gasteiger partial charge is 0.191 e. The monoisotopic (exact) mass is 337 g/mol. The van der Waals surface area contributed by atoms with Crippen LogP contribution in [0.2, 0.25) is 0 Å². The van der Waals surface area contributed by atoms with Crippen LogP contribution in [0, 0.1) is 12.8 Å². The molecule has 0 bridgehead atoms. The van der Waals surface area contributed by atoms with Gasteiger partial charge in [0.1, 0.15) is 0 Å². The third-order valence-electron chi connectivity index (χ3n) is 4.30. The predicted octanol–water partition coefficient (Wildman–Crippen LogP) is 1.70. The van der Waals surface area contributed by atoms with Crippen LogP contribution in [0.5, 0.6) is 0 Å². The maximum absolute atomic E-state index is 11.5. The number of guanidine groups is 1. The molecular weight excluding hydrogens is 310 g/mol. The summed E-state index contributed by atoms with van der Waals surface area (Å²) in [5, 5.41) is 6.56. The first-order valence-electron chi connectivity index (χ1n) is 8.11. The van der Waals surface area contributed by atoms with Crippen LogP contribution in [0.15, 0.2) is 29.3 Å². The normalized spacial score (nSPS) is 21.9. The van der Waals surface area contributed by atoms with Crippen LogP contribution in [-0.4, -0.2) is 46.0 Å². The number of benzene rings is 1. The third-order valence-corrected chi connectivity index (χ3v) is 6.13. The van der Waals surface area contributed by atoms with Crippen LogP contribution in [0.1, 0.15) is 30.4 Å². The molecule has 0 aliphatic carbocycles. The number of sulfone groups is 1. The second-order valence-corrected chi connectivity index (χ2v) is 8.65. The molecule has 0 radical (unpaired) electrons. The first-order chi connectivity index (χ1) is 10.9. The van der Waals surface area contributed by atoms with Gasteiger partial charge in [0.15, 0.2) is 15.8 Å². The van der Waals surface area contributed by atoms with Crippen LogP contribution in [0.4, 0.5) is 0 Å². The van der Waals surface area contributed by atoms with Gasteiger partial charge in [-0.2, -0.15) is 0 Å². The summed E-state index contributed by atoms with van der Waals surface area (Å²) in [5.41, 5.74) is 2.56. The minimum atomic E-state index is -2.82. The molecule has 23 heavy (non-hydrogen) atoms. The molecule has 1 fully saturated rings. The van der Waals surface area contributed by atoms with Crippen LogP contribution in [0.3, 0.4) is 0 Å². The molecule has 2 rings (SSSR count). The summed E-state index contributed by atoms with van der Waals surface area (Å²) in [5.74, 6) is 1.90. The molecule has 0 spiro atoms. The third kappa shape index (κ3) is 5.53. The highest BCUT2D eigenvalue weighted by Crippen LogP contribution is 2.17. The van der Waals surface area contributed by atoms with Gasteiger partial charge in [0.05, 0.1) is 11.5 Å². The Labute approximate surface area is 139 Å². The van der Waals surface area contributed by atoms with E-state index in [4.69, 9.17) is 0 Å². The van der Waals surface area contributed by atoms with E-state index >= 15 is 0 Å². The van der Waals surface area contributed by atoms with Crippen LogP contribution < -0.4 is 10.6 Å². The van der Waals surface area contributed by atoms with Gasteiger partial charge in [-0.25, -0.2) is 8.42 Å². The summed E-state index contributed by atoms with van der Waals surface area (Å²) < 4.78 is 23.0. The van der Waals surface area contributed by atoms with E-state index in [0.717, 1.165) is 18.9 Å². The first kappa shape index (κ1) is 17.8. The van der Waals surface area contributed by atoms with Gasteiger partial charge in [-0.3, -0.25) is 4.99 Å². The van der Waals surface area contributed by atoms with E-state index in [1.807, 2.05) is 0 Å². The summed E-state index contributed by atoms with van der Waals surface area (Å²) in [4.78, 5) is 4.21. The van der Waals surface area contributed by atoms with Crippen molar-refractivity contribution in [1.29, 1.82) is 0 Å². The van der Waals surface area contributed by atoms with Crippen molar-refractivity contribution in [2.24, 2.45) is 10.9 Å². The van der Waals surface area contributed by atoms with Crippen LogP contribution >= 0.6 is 0 Å². The second-order valence-electron chi connectivity index (χ2n) is 6.42. The van der Waals surface area contributed by atoms with E-state index in [1.165, 1.54) is 11.1 Å². The van der Waals surface area contributed by atoms with Crippen molar-refractivity contribution < 1.29 is 8.42 Å². The quantitative estimate of drug-likeness (QED) is 0.634. The number of rotatable bonds is 5. The fourth-order valence-electron chi connectivity index (χ4n) is 2.84. The van der Waals surface area contributed by atoms with Crippen molar-refractivity contribution >= 4 is 15.8 Å². The van der Waals surface area contributed by atoms with E-state index < -0.39 is 9.84 Å². The molecule has 1 heterocycles. The Bertz CT molecular complexity index is 656. The van der Waals surface area contributed by atoms with Crippen LogP contribution in [0.25, 0.3) is 0 Å². The standard InChI is InChI=1S/C17H27N3O2S/c1-13-5-4-6-16(9-13)14(2)10-19-17(18-3)20-11-15-7-8-23(21,22)12-15/h4-6,9,14-15H,7-8,10-12H2,1-3H3,(H2,18,19,20). The van der Waals surface area contributed by atoms with Gasteiger partial charge < -0.3 is 10.6 Å². The molecule has 2 atom stereocenters. The lowest BCUT2D eigenvalue weighted by Crippen LogP contribution is -2.41. The van der Waals surface area contributed by atoms with Gasteiger partial charge in [-0.1, -0.05) is 36.8 Å². The maximum atomic E-state index is 11.5. The van der Waals surface area contributed by atoms with Crippen molar-refractivity contribution in [2.75, 3.05) is 31.6 Å². The molecule has 1 aromatic carbocycles. The number of aryl methyl sites for hydroxylation is 1. The average molecular weight is 337 g/mol. The van der Waals surface area contributed by atoms with Crippen molar-refractivity contribution in [2.45, 2.75) is 26.2 Å². The lowest BCUT2D eigenvalue weighted by Gasteiger charge is -2.18. The minimum absolute atomic E-state index is 0.188. The number of nitrogens with one attached hydrogen (secondary N) is 2. The fraction of sp³-hybridized carbons (Fsp3) is 0.588. The molecule has 0 amide bonds. The first-order valence-corrected chi connectivity index (χ1v) is 9.93. The highest BCUT2D eigenvalue weighted by atomic mass is 32.2. The van der Waals surface area contributed by atoms with Gasteiger partial charge in [0, 0.05) is 20.1 Å². The Kier molecular flexibility index (Phi) is 6.04. The average Bonchev–Trinajstić information content (AvgIpc) is 2.86. The van der Waals surface area contributed by atoms with Gasteiger partial charge in [0.2, 0.25) is 0 Å². The molecule has 1 aliphatic heterocycles. The summed E-state index contributed by atoms with van der Waals surface area (Å²) >= 11 is 0. The zero-order chi connectivity index (χ0) is 16.9. The van der Waals surface area contributed by atoms with Gasteiger partial charge in [0.25, 0.3) is 0 Å². The minimum Gasteiger partial charge on any atom is -0.356 e. The Morgan fingerprint density at radius 1 is 1.39 bits per heavy atom. The Hall–Kier alpha value is -1.56. The van der Waals surface area contributed by atoms with E-state index in [9.17, 15) is 8.42 Å². The lowest BCUT2D eigenvalue weighted by molar-refractivity contribution is 0.565. The van der Waals surface area contributed by atoms with Crippen molar-refractivity contribution in [3.63, 3.8) is 0 Å². The van der Waals surface area contributed by atoms with E-state index in [0.29, 0.717) is 18.2 Å². The highest BCUT2D eigenvalue weighted by Gasteiger charge is 2.27. The Morgan fingerprint density at radius 2 is 2.17 bits per heavy atom. The molecule has 128 valence electrons. The molecule has 2 N–H and O–H groups in total. The number of hydrogen-bond donors (Lipinski definition) is 2. The molecule has 2 unspecified atom stereocenters. The molecule has 1 saturated heterocycles. The van der Waals surface area contributed by atoms with E-state index in [2.05, 4.69) is 53.7 Å². The predicted molar refractivity (Wildman–Crippen MR) is 95.7 cm³/mol. The SMILES string of the molecule is CN=C(NCC1CCS(=O)(=O)C1)NCC(C)c1cccc(C)c1. The number of aliphatic imine (C=N–C) groups is 1. The molecular formula is C17H27N3O2S. The Balaban J connectivity index is 1.79. The number of nitrogens with zero attached hydrogens (tertiary/aromatic N) is 1. The fourth-order valence-corrected chi connectivity index (χ4v) is 4.70. The molecule has 6 heteroatoms. The topological polar surface area (TPSA) is 70.6 Å². The van der Waals surface area contributed by atoms with Gasteiger partial charge >= 0.3 is 0 Å². The van der Waals surface area contributed by atoms with Crippen LogP contribution in [-0.2, 0) is 9.84 Å². The summed E-state index contributed by atoms with van der Waals surface area (Å²) in [6.07, 6.45) is 0.742. The second kappa shape index (κ2) is 7.81. The van der Waals surface area contributed by atoms with Gasteiger partial charge in [-0.05, 0) is 30.7 Å². The molecule has 1 aliphatic rings. The summed E-state index contributed by atoms with van der Waals surface area (Å²) in [7, 11) is -1.08. The van der Waals surface area contributed by atoms with Crippen molar-refractivity contribution in [3.05, 3.63) is 35.4 Å². The highest BCUT2D eigenvalue weighted by molar-refractivity contribution is 7.91. The van der Waals surface area contributed by atoms with Crippen molar-refractivity contribution in [1.82, 2.24) is 10.6 Å². The zero-order valence-corrected chi connectivity index (χ0v) is 15.0. The summed E-state index contributed by atoms with van der Waals surface area (Å²) in [6, 6.07) is 8.51. The van der Waals surface area contributed by atoms with Crippen molar-refractivity contribution in [3.8, 4) is 0 Å². The Morgan fingerprint density at radius 3 is 2.78 bits per heavy atom. The zero-order valence-electron chi connectivity index (χ0n) is 14.2. The maximum Gasteiger partial charge on any atom is 0.191 e. The largest absolute Gasteiger partial charge is 0.356 e. The number of hydrogen-bond acceptors (Lipinski definition) is 3. The van der Waals surface area contributed by atoms with E-state index in [1.54, 1.807) is 7.05 Å². The lowest BCUT2D eigenvalue weighted by atomic mass is 9.99. The molecule has 1 aromatic rings. The molecule has 0 saturated carbocycles. The van der Waals surface area contributed by atoms with E-state index in [-0.39, 0.29) is 11.7 Å². The molecule has 0 aromatic heterocycles.